The molecule has 24 heavy (non-hydrogen) atoms. The molecule has 0 saturated carbocycles. The summed E-state index contributed by atoms with van der Waals surface area (Å²) in [5.74, 6) is 0.709. The van der Waals surface area contributed by atoms with Gasteiger partial charge in [0.1, 0.15) is 17.3 Å². The van der Waals surface area contributed by atoms with Crippen LogP contribution in [0.1, 0.15) is 36.6 Å². The van der Waals surface area contributed by atoms with Gasteiger partial charge in [-0.15, -0.1) is 0 Å². The lowest BCUT2D eigenvalue weighted by molar-refractivity contribution is -0.114. The van der Waals surface area contributed by atoms with Crippen molar-refractivity contribution in [3.8, 4) is 0 Å². The molecule has 0 atom stereocenters. The lowest BCUT2D eigenvalue weighted by atomic mass is 10.2. The standard InChI is InChI=1S/C17H21N5O2/c1-4-9-18-16-10-15(19-11(2)20-16)17(24)22-14-7-5-13(6-8-14)21-12(3)23/h5-8,10H,4,9H2,1-3H3,(H,21,23)(H,22,24)(H,18,19,20). The number of aryl methyl sites for hydroxylation is 1. The predicted octanol–water partition coefficient (Wildman–Crippen LogP) is 2.82. The zero-order valence-electron chi connectivity index (χ0n) is 14.0. The van der Waals surface area contributed by atoms with Crippen molar-refractivity contribution in [1.29, 1.82) is 0 Å². The van der Waals surface area contributed by atoms with Gasteiger partial charge >= 0.3 is 0 Å². The van der Waals surface area contributed by atoms with E-state index in [2.05, 4.69) is 32.8 Å². The molecule has 0 spiro atoms. The molecule has 126 valence electrons. The summed E-state index contributed by atoms with van der Waals surface area (Å²) < 4.78 is 0. The van der Waals surface area contributed by atoms with Gasteiger partial charge in [-0.05, 0) is 37.6 Å². The average molecular weight is 327 g/mol. The molecule has 3 N–H and O–H groups in total. The summed E-state index contributed by atoms with van der Waals surface area (Å²) in [5, 5.41) is 8.60. The van der Waals surface area contributed by atoms with Gasteiger partial charge in [0.25, 0.3) is 5.91 Å². The highest BCUT2D eigenvalue weighted by Gasteiger charge is 2.11. The summed E-state index contributed by atoms with van der Waals surface area (Å²) in [6.45, 7) is 6.02. The summed E-state index contributed by atoms with van der Waals surface area (Å²) >= 11 is 0. The van der Waals surface area contributed by atoms with Gasteiger partial charge in [0.15, 0.2) is 0 Å². The van der Waals surface area contributed by atoms with Gasteiger partial charge in [0, 0.05) is 30.9 Å². The van der Waals surface area contributed by atoms with E-state index in [-0.39, 0.29) is 11.8 Å². The Balaban J connectivity index is 2.08. The van der Waals surface area contributed by atoms with Crippen LogP contribution in [-0.2, 0) is 4.79 Å². The third-order valence-electron chi connectivity index (χ3n) is 3.09. The van der Waals surface area contributed by atoms with E-state index in [0.29, 0.717) is 28.7 Å². The van der Waals surface area contributed by atoms with Crippen LogP contribution in [-0.4, -0.2) is 28.3 Å². The van der Waals surface area contributed by atoms with Crippen LogP contribution in [0.4, 0.5) is 17.2 Å². The Hall–Kier alpha value is -2.96. The number of amides is 2. The molecule has 0 radical (unpaired) electrons. The van der Waals surface area contributed by atoms with Gasteiger partial charge in [0.2, 0.25) is 5.91 Å². The normalized spacial score (nSPS) is 10.1. The minimum absolute atomic E-state index is 0.143. The molecule has 7 nitrogen and oxygen atoms in total. The van der Waals surface area contributed by atoms with Crippen LogP contribution in [0.25, 0.3) is 0 Å². The second-order valence-electron chi connectivity index (χ2n) is 5.33. The second kappa shape index (κ2) is 8.05. The van der Waals surface area contributed by atoms with E-state index in [0.717, 1.165) is 13.0 Å². The molecule has 1 heterocycles. The summed E-state index contributed by atoms with van der Waals surface area (Å²) in [7, 11) is 0. The summed E-state index contributed by atoms with van der Waals surface area (Å²) in [6, 6.07) is 8.50. The fraction of sp³-hybridized carbons (Fsp3) is 0.294. The molecule has 1 aromatic heterocycles. The van der Waals surface area contributed by atoms with E-state index < -0.39 is 0 Å². The number of nitrogens with zero attached hydrogens (tertiary/aromatic N) is 2. The molecule has 0 aliphatic carbocycles. The van der Waals surface area contributed by atoms with Gasteiger partial charge in [-0.1, -0.05) is 6.92 Å². The summed E-state index contributed by atoms with van der Waals surface area (Å²) in [4.78, 5) is 31.8. The Morgan fingerprint density at radius 3 is 2.25 bits per heavy atom. The molecule has 0 fully saturated rings. The first-order valence-electron chi connectivity index (χ1n) is 7.76. The molecule has 0 bridgehead atoms. The number of carbonyl (C=O) groups is 2. The summed E-state index contributed by atoms with van der Waals surface area (Å²) in [5.41, 5.74) is 1.59. The number of hydrogen-bond donors (Lipinski definition) is 3. The number of rotatable bonds is 6. The fourth-order valence-corrected chi connectivity index (χ4v) is 2.06. The molecule has 0 aliphatic heterocycles. The lowest BCUT2D eigenvalue weighted by Gasteiger charge is -2.09. The highest BCUT2D eigenvalue weighted by atomic mass is 16.2. The Morgan fingerprint density at radius 1 is 1.04 bits per heavy atom. The van der Waals surface area contributed by atoms with Gasteiger partial charge in [-0.2, -0.15) is 0 Å². The van der Waals surface area contributed by atoms with Crippen LogP contribution in [0.2, 0.25) is 0 Å². The third-order valence-corrected chi connectivity index (χ3v) is 3.09. The van der Waals surface area contributed by atoms with E-state index in [1.807, 2.05) is 0 Å². The zero-order chi connectivity index (χ0) is 17.5. The molecular formula is C17H21N5O2. The van der Waals surface area contributed by atoms with Crippen molar-refractivity contribution in [2.45, 2.75) is 27.2 Å². The van der Waals surface area contributed by atoms with Crippen LogP contribution in [0, 0.1) is 6.92 Å². The predicted molar refractivity (Wildman–Crippen MR) is 94.2 cm³/mol. The topological polar surface area (TPSA) is 96.0 Å². The van der Waals surface area contributed by atoms with Gasteiger partial charge < -0.3 is 16.0 Å². The average Bonchev–Trinajstić information content (AvgIpc) is 2.53. The Bertz CT molecular complexity index is 728. The number of carbonyl (C=O) groups excluding carboxylic acids is 2. The maximum atomic E-state index is 12.4. The van der Waals surface area contributed by atoms with Crippen molar-refractivity contribution in [1.82, 2.24) is 9.97 Å². The molecule has 2 amide bonds. The SMILES string of the molecule is CCCNc1cc(C(=O)Nc2ccc(NC(C)=O)cc2)nc(C)n1. The largest absolute Gasteiger partial charge is 0.370 e. The number of hydrogen-bond acceptors (Lipinski definition) is 5. The molecule has 0 unspecified atom stereocenters. The minimum Gasteiger partial charge on any atom is -0.370 e. The minimum atomic E-state index is -0.313. The van der Waals surface area contributed by atoms with Crippen LogP contribution >= 0.6 is 0 Å². The third kappa shape index (κ3) is 5.05. The Morgan fingerprint density at radius 2 is 1.67 bits per heavy atom. The van der Waals surface area contributed by atoms with Gasteiger partial charge in [-0.3, -0.25) is 9.59 Å². The number of benzene rings is 1. The van der Waals surface area contributed by atoms with E-state index in [1.165, 1.54) is 6.92 Å². The fourth-order valence-electron chi connectivity index (χ4n) is 2.06. The summed E-state index contributed by atoms with van der Waals surface area (Å²) in [6.07, 6.45) is 0.964. The van der Waals surface area contributed by atoms with Crippen LogP contribution in [0.3, 0.4) is 0 Å². The second-order valence-corrected chi connectivity index (χ2v) is 5.33. The van der Waals surface area contributed by atoms with E-state index >= 15 is 0 Å². The van der Waals surface area contributed by atoms with E-state index in [9.17, 15) is 9.59 Å². The Kier molecular flexibility index (Phi) is 5.83. The van der Waals surface area contributed by atoms with Crippen molar-refractivity contribution < 1.29 is 9.59 Å². The zero-order valence-corrected chi connectivity index (χ0v) is 14.0. The lowest BCUT2D eigenvalue weighted by Crippen LogP contribution is -2.16. The number of aromatic nitrogens is 2. The van der Waals surface area contributed by atoms with Crippen molar-refractivity contribution in [3.63, 3.8) is 0 Å². The number of anilines is 3. The molecule has 7 heteroatoms. The molecule has 0 aliphatic rings. The van der Waals surface area contributed by atoms with E-state index in [1.54, 1.807) is 37.3 Å². The highest BCUT2D eigenvalue weighted by Crippen LogP contribution is 2.15. The first-order chi connectivity index (χ1) is 11.5. The molecule has 2 aromatic rings. The van der Waals surface area contributed by atoms with Gasteiger partial charge in [0.05, 0.1) is 0 Å². The molecule has 2 rings (SSSR count). The molecular weight excluding hydrogens is 306 g/mol. The monoisotopic (exact) mass is 327 g/mol. The number of nitrogens with one attached hydrogen (secondary N) is 3. The van der Waals surface area contributed by atoms with Crippen molar-refractivity contribution in [2.75, 3.05) is 22.5 Å². The maximum Gasteiger partial charge on any atom is 0.274 e. The highest BCUT2D eigenvalue weighted by molar-refractivity contribution is 6.03. The molecule has 1 aromatic carbocycles. The van der Waals surface area contributed by atoms with Crippen LogP contribution < -0.4 is 16.0 Å². The molecule has 0 saturated heterocycles. The van der Waals surface area contributed by atoms with Crippen LogP contribution in [0.15, 0.2) is 30.3 Å². The first-order valence-corrected chi connectivity index (χ1v) is 7.76. The maximum absolute atomic E-state index is 12.4. The first kappa shape index (κ1) is 17.4. The van der Waals surface area contributed by atoms with Crippen molar-refractivity contribution in [2.24, 2.45) is 0 Å². The quantitative estimate of drug-likeness (QED) is 0.758. The van der Waals surface area contributed by atoms with Crippen molar-refractivity contribution >= 4 is 29.0 Å². The Labute approximate surface area is 140 Å². The van der Waals surface area contributed by atoms with Crippen LogP contribution in [0.5, 0.6) is 0 Å². The van der Waals surface area contributed by atoms with Gasteiger partial charge in [-0.25, -0.2) is 9.97 Å². The smallest absolute Gasteiger partial charge is 0.274 e. The van der Waals surface area contributed by atoms with E-state index in [4.69, 9.17) is 0 Å². The van der Waals surface area contributed by atoms with Crippen molar-refractivity contribution in [3.05, 3.63) is 41.9 Å².